The van der Waals surface area contributed by atoms with Gasteiger partial charge in [-0.2, -0.15) is 0 Å². The standard InChI is InChI=1S/C18H26N2O2/c1-4-10-19-18(22)16-12-20(17(21)5-2)11-15(16)14-8-6-13(3)7-9-14/h6-9,15-16H,4-5,10-12H2,1-3H3,(H,19,22)/t15-,16-/m0/s1. The Morgan fingerprint density at radius 1 is 1.18 bits per heavy atom. The SMILES string of the molecule is CCCNC(=O)[C@H]1CN(C(=O)CC)C[C@H]1c1ccc(C)cc1. The van der Waals surface area contributed by atoms with Crippen molar-refractivity contribution in [3.05, 3.63) is 35.4 Å². The molecule has 22 heavy (non-hydrogen) atoms. The lowest BCUT2D eigenvalue weighted by molar-refractivity contribution is -0.130. The fourth-order valence-corrected chi connectivity index (χ4v) is 3.03. The minimum Gasteiger partial charge on any atom is -0.356 e. The molecule has 1 N–H and O–H groups in total. The van der Waals surface area contributed by atoms with Gasteiger partial charge in [-0.25, -0.2) is 0 Å². The van der Waals surface area contributed by atoms with E-state index in [1.807, 2.05) is 18.7 Å². The molecule has 1 heterocycles. The second kappa shape index (κ2) is 7.43. The van der Waals surface area contributed by atoms with Crippen LogP contribution in [0.4, 0.5) is 0 Å². The van der Waals surface area contributed by atoms with Crippen molar-refractivity contribution in [2.45, 2.75) is 39.5 Å². The molecule has 4 nitrogen and oxygen atoms in total. The predicted octanol–water partition coefficient (Wildman–Crippen LogP) is 2.47. The third kappa shape index (κ3) is 3.67. The zero-order chi connectivity index (χ0) is 16.1. The van der Waals surface area contributed by atoms with Crippen LogP contribution in [0.5, 0.6) is 0 Å². The smallest absolute Gasteiger partial charge is 0.225 e. The second-order valence-electron chi connectivity index (χ2n) is 6.07. The summed E-state index contributed by atoms with van der Waals surface area (Å²) < 4.78 is 0. The van der Waals surface area contributed by atoms with Crippen LogP contribution < -0.4 is 5.32 Å². The Morgan fingerprint density at radius 3 is 2.45 bits per heavy atom. The third-order valence-corrected chi connectivity index (χ3v) is 4.37. The fraction of sp³-hybridized carbons (Fsp3) is 0.556. The summed E-state index contributed by atoms with van der Waals surface area (Å²) in [4.78, 5) is 26.3. The van der Waals surface area contributed by atoms with E-state index in [0.717, 1.165) is 12.0 Å². The average molecular weight is 302 g/mol. The Labute approximate surface area is 132 Å². The average Bonchev–Trinajstić information content (AvgIpc) is 2.97. The molecule has 1 aromatic carbocycles. The normalized spacial score (nSPS) is 21.0. The number of nitrogens with one attached hydrogen (secondary N) is 1. The van der Waals surface area contributed by atoms with E-state index in [4.69, 9.17) is 0 Å². The van der Waals surface area contributed by atoms with Crippen LogP contribution in [0.1, 0.15) is 43.7 Å². The maximum atomic E-state index is 12.5. The molecule has 2 atom stereocenters. The fourth-order valence-electron chi connectivity index (χ4n) is 3.03. The molecule has 0 aliphatic carbocycles. The number of rotatable bonds is 5. The number of carbonyl (C=O) groups is 2. The van der Waals surface area contributed by atoms with Crippen LogP contribution in [-0.2, 0) is 9.59 Å². The summed E-state index contributed by atoms with van der Waals surface area (Å²) in [6, 6.07) is 8.31. The van der Waals surface area contributed by atoms with Crippen LogP contribution in [0, 0.1) is 12.8 Å². The first-order valence-electron chi connectivity index (χ1n) is 8.18. The predicted molar refractivity (Wildman–Crippen MR) is 87.6 cm³/mol. The van der Waals surface area contributed by atoms with Gasteiger partial charge in [0.1, 0.15) is 0 Å². The summed E-state index contributed by atoms with van der Waals surface area (Å²) in [7, 11) is 0. The Morgan fingerprint density at radius 2 is 1.86 bits per heavy atom. The van der Waals surface area contributed by atoms with E-state index in [2.05, 4.69) is 36.5 Å². The van der Waals surface area contributed by atoms with Crippen molar-refractivity contribution in [1.29, 1.82) is 0 Å². The first-order chi connectivity index (χ1) is 10.6. The monoisotopic (exact) mass is 302 g/mol. The summed E-state index contributed by atoms with van der Waals surface area (Å²) >= 11 is 0. The number of hydrogen-bond donors (Lipinski definition) is 1. The van der Waals surface area contributed by atoms with E-state index < -0.39 is 0 Å². The maximum Gasteiger partial charge on any atom is 0.225 e. The van der Waals surface area contributed by atoms with Crippen LogP contribution >= 0.6 is 0 Å². The van der Waals surface area contributed by atoms with Crippen molar-refractivity contribution in [2.75, 3.05) is 19.6 Å². The van der Waals surface area contributed by atoms with Gasteiger partial charge in [-0.3, -0.25) is 9.59 Å². The molecule has 1 saturated heterocycles. The molecule has 0 aromatic heterocycles. The minimum absolute atomic E-state index is 0.0684. The van der Waals surface area contributed by atoms with Crippen LogP contribution in [0.3, 0.4) is 0 Å². The topological polar surface area (TPSA) is 49.4 Å². The molecule has 2 rings (SSSR count). The maximum absolute atomic E-state index is 12.5. The lowest BCUT2D eigenvalue weighted by Gasteiger charge is -2.18. The summed E-state index contributed by atoms with van der Waals surface area (Å²) in [5.74, 6) is 0.138. The number of amides is 2. The number of benzene rings is 1. The van der Waals surface area contributed by atoms with Crippen LogP contribution in [0.15, 0.2) is 24.3 Å². The van der Waals surface area contributed by atoms with Crippen LogP contribution in [0.25, 0.3) is 0 Å². The number of aryl methyl sites for hydroxylation is 1. The van der Waals surface area contributed by atoms with Gasteiger partial charge in [0.05, 0.1) is 5.92 Å². The number of hydrogen-bond acceptors (Lipinski definition) is 2. The third-order valence-electron chi connectivity index (χ3n) is 4.37. The van der Waals surface area contributed by atoms with Crippen molar-refractivity contribution >= 4 is 11.8 Å². The van der Waals surface area contributed by atoms with E-state index in [1.165, 1.54) is 5.56 Å². The highest BCUT2D eigenvalue weighted by Crippen LogP contribution is 2.33. The van der Waals surface area contributed by atoms with E-state index in [0.29, 0.717) is 26.1 Å². The minimum atomic E-state index is -0.148. The van der Waals surface area contributed by atoms with Gasteiger partial charge in [0.25, 0.3) is 0 Å². The molecule has 1 aliphatic heterocycles. The molecule has 0 radical (unpaired) electrons. The van der Waals surface area contributed by atoms with E-state index in [9.17, 15) is 9.59 Å². The number of carbonyl (C=O) groups excluding carboxylic acids is 2. The Kier molecular flexibility index (Phi) is 5.58. The molecule has 0 spiro atoms. The molecule has 0 bridgehead atoms. The molecule has 0 unspecified atom stereocenters. The zero-order valence-corrected chi connectivity index (χ0v) is 13.8. The van der Waals surface area contributed by atoms with Gasteiger partial charge in [0, 0.05) is 32.0 Å². The highest BCUT2D eigenvalue weighted by Gasteiger charge is 2.39. The van der Waals surface area contributed by atoms with E-state index in [-0.39, 0.29) is 23.7 Å². The molecule has 4 heteroatoms. The summed E-state index contributed by atoms with van der Waals surface area (Å²) in [6.45, 7) is 7.82. The lowest BCUT2D eigenvalue weighted by atomic mass is 9.88. The molecule has 1 aliphatic rings. The van der Waals surface area contributed by atoms with Gasteiger partial charge < -0.3 is 10.2 Å². The molecule has 120 valence electrons. The summed E-state index contributed by atoms with van der Waals surface area (Å²) in [6.07, 6.45) is 1.41. The number of nitrogens with zero attached hydrogens (tertiary/aromatic N) is 1. The van der Waals surface area contributed by atoms with Gasteiger partial charge in [-0.15, -0.1) is 0 Å². The second-order valence-corrected chi connectivity index (χ2v) is 6.07. The first-order valence-corrected chi connectivity index (χ1v) is 8.18. The number of likely N-dealkylation sites (tertiary alicyclic amines) is 1. The molecule has 0 saturated carbocycles. The summed E-state index contributed by atoms with van der Waals surface area (Å²) in [5, 5.41) is 2.99. The van der Waals surface area contributed by atoms with Crippen molar-refractivity contribution in [3.63, 3.8) is 0 Å². The van der Waals surface area contributed by atoms with Gasteiger partial charge in [0.15, 0.2) is 0 Å². The van der Waals surface area contributed by atoms with E-state index in [1.54, 1.807) is 0 Å². The van der Waals surface area contributed by atoms with Crippen molar-refractivity contribution < 1.29 is 9.59 Å². The van der Waals surface area contributed by atoms with Crippen LogP contribution in [-0.4, -0.2) is 36.3 Å². The van der Waals surface area contributed by atoms with Gasteiger partial charge >= 0.3 is 0 Å². The van der Waals surface area contributed by atoms with Gasteiger partial charge in [-0.1, -0.05) is 43.7 Å². The molecule has 1 fully saturated rings. The largest absolute Gasteiger partial charge is 0.356 e. The van der Waals surface area contributed by atoms with E-state index >= 15 is 0 Å². The highest BCUT2D eigenvalue weighted by atomic mass is 16.2. The Hall–Kier alpha value is -1.84. The first kappa shape index (κ1) is 16.5. The molecule has 2 amide bonds. The van der Waals surface area contributed by atoms with Gasteiger partial charge in [0.2, 0.25) is 11.8 Å². The summed E-state index contributed by atoms with van der Waals surface area (Å²) in [5.41, 5.74) is 2.35. The van der Waals surface area contributed by atoms with Crippen molar-refractivity contribution in [3.8, 4) is 0 Å². The van der Waals surface area contributed by atoms with Crippen LogP contribution in [0.2, 0.25) is 0 Å². The van der Waals surface area contributed by atoms with Gasteiger partial charge in [-0.05, 0) is 18.9 Å². The highest BCUT2D eigenvalue weighted by molar-refractivity contribution is 5.83. The molecule has 1 aromatic rings. The van der Waals surface area contributed by atoms with Crippen molar-refractivity contribution in [1.82, 2.24) is 10.2 Å². The Balaban J connectivity index is 2.20. The quantitative estimate of drug-likeness (QED) is 0.908. The molecular formula is C18H26N2O2. The zero-order valence-electron chi connectivity index (χ0n) is 13.8. The van der Waals surface area contributed by atoms with Crippen molar-refractivity contribution in [2.24, 2.45) is 5.92 Å². The lowest BCUT2D eigenvalue weighted by Crippen LogP contribution is -2.35. The molecular weight excluding hydrogens is 276 g/mol. The Bertz CT molecular complexity index is 524.